The normalized spacial score (nSPS) is 23.9. The average Bonchev–Trinajstić information content (AvgIpc) is 3.20. The van der Waals surface area contributed by atoms with E-state index in [1.807, 2.05) is 25.7 Å². The molecule has 2 unspecified atom stereocenters. The van der Waals surface area contributed by atoms with E-state index in [1.54, 1.807) is 18.4 Å². The number of fused-ring (bicyclic) bond motifs is 2. The molecule has 0 spiro atoms. The lowest BCUT2D eigenvalue weighted by molar-refractivity contribution is 0.00545. The van der Waals surface area contributed by atoms with Crippen LogP contribution < -0.4 is 10.6 Å². The Balaban J connectivity index is 0.00000320. The highest BCUT2D eigenvalue weighted by Gasteiger charge is 2.45. The molecule has 2 fully saturated rings. The number of aromatic nitrogens is 1. The van der Waals surface area contributed by atoms with Gasteiger partial charge in [-0.05, 0) is 46.5 Å². The van der Waals surface area contributed by atoms with E-state index in [4.69, 9.17) is 4.74 Å². The van der Waals surface area contributed by atoms with Crippen molar-refractivity contribution in [3.8, 4) is 0 Å². The van der Waals surface area contributed by atoms with Gasteiger partial charge in [-0.3, -0.25) is 4.99 Å². The largest absolute Gasteiger partial charge is 0.444 e. The molecule has 0 radical (unpaired) electrons. The molecule has 0 aliphatic carbocycles. The number of carbonyl (C=O) groups is 1. The first-order valence-electron chi connectivity index (χ1n) is 10.6. The van der Waals surface area contributed by atoms with Crippen LogP contribution in [0.5, 0.6) is 0 Å². The predicted molar refractivity (Wildman–Crippen MR) is 133 cm³/mol. The van der Waals surface area contributed by atoms with Gasteiger partial charge in [-0.2, -0.15) is 0 Å². The van der Waals surface area contributed by atoms with Crippen molar-refractivity contribution in [2.75, 3.05) is 7.05 Å². The van der Waals surface area contributed by atoms with Gasteiger partial charge in [0.25, 0.3) is 0 Å². The maximum atomic E-state index is 12.6. The molecule has 170 valence electrons. The first-order chi connectivity index (χ1) is 13.7. The Kier molecular flexibility index (Phi) is 8.79. The Morgan fingerprint density at radius 1 is 1.33 bits per heavy atom. The highest BCUT2D eigenvalue weighted by atomic mass is 127. The second-order valence-electron chi connectivity index (χ2n) is 9.34. The number of nitrogens with one attached hydrogen (secondary N) is 2. The molecule has 0 aromatic carbocycles. The van der Waals surface area contributed by atoms with Crippen LogP contribution in [0.1, 0.15) is 76.9 Å². The molecule has 3 rings (SSSR count). The van der Waals surface area contributed by atoms with Crippen LogP contribution >= 0.6 is 35.3 Å². The van der Waals surface area contributed by atoms with Crippen molar-refractivity contribution in [2.45, 2.75) is 96.5 Å². The Morgan fingerprint density at radius 2 is 1.97 bits per heavy atom. The van der Waals surface area contributed by atoms with E-state index in [0.717, 1.165) is 42.3 Å². The number of guanidine groups is 1. The van der Waals surface area contributed by atoms with Crippen molar-refractivity contribution in [1.82, 2.24) is 20.5 Å². The van der Waals surface area contributed by atoms with Crippen LogP contribution in [0.4, 0.5) is 4.79 Å². The second kappa shape index (κ2) is 10.5. The van der Waals surface area contributed by atoms with Crippen LogP contribution in [0.2, 0.25) is 0 Å². The quantitative estimate of drug-likeness (QED) is 0.329. The van der Waals surface area contributed by atoms with Gasteiger partial charge >= 0.3 is 6.09 Å². The number of rotatable bonds is 4. The van der Waals surface area contributed by atoms with E-state index in [-0.39, 0.29) is 42.2 Å². The van der Waals surface area contributed by atoms with Gasteiger partial charge in [0, 0.05) is 36.5 Å². The van der Waals surface area contributed by atoms with Crippen LogP contribution in [-0.4, -0.2) is 52.7 Å². The van der Waals surface area contributed by atoms with Crippen LogP contribution in [-0.2, 0) is 11.3 Å². The lowest BCUT2D eigenvalue weighted by Gasteiger charge is -2.40. The number of hydrogen-bond donors (Lipinski definition) is 2. The zero-order valence-electron chi connectivity index (χ0n) is 18.9. The van der Waals surface area contributed by atoms with E-state index in [2.05, 4.69) is 39.8 Å². The van der Waals surface area contributed by atoms with Gasteiger partial charge in [0.1, 0.15) is 5.60 Å². The number of hydrogen-bond acceptors (Lipinski definition) is 5. The third kappa shape index (κ3) is 6.45. The standard InChI is InChI=1S/C21H35N5O2S.HI/c1-13(2)18-24-15(12-29-18)11-23-19(22-6)25-14-9-16-7-8-17(10-14)26(16)20(27)28-21(3,4)5;/h12-14,16-17H,7-11H2,1-6H3,(H2,22,23,25);1H. The highest BCUT2D eigenvalue weighted by Crippen LogP contribution is 2.36. The Bertz CT molecular complexity index is 732. The number of amides is 1. The summed E-state index contributed by atoms with van der Waals surface area (Å²) < 4.78 is 5.63. The molecule has 2 saturated heterocycles. The Labute approximate surface area is 201 Å². The monoisotopic (exact) mass is 549 g/mol. The fraction of sp³-hybridized carbons (Fsp3) is 0.762. The van der Waals surface area contributed by atoms with Crippen molar-refractivity contribution in [2.24, 2.45) is 4.99 Å². The fourth-order valence-electron chi connectivity index (χ4n) is 4.14. The molecular weight excluding hydrogens is 513 g/mol. The molecule has 9 heteroatoms. The van der Waals surface area contributed by atoms with E-state index in [0.29, 0.717) is 18.5 Å². The third-order valence-corrected chi connectivity index (χ3v) is 6.60. The summed E-state index contributed by atoms with van der Waals surface area (Å²) in [5.41, 5.74) is 0.587. The number of nitrogens with zero attached hydrogens (tertiary/aromatic N) is 3. The Morgan fingerprint density at radius 3 is 2.47 bits per heavy atom. The van der Waals surface area contributed by atoms with E-state index < -0.39 is 5.60 Å². The van der Waals surface area contributed by atoms with E-state index in [1.165, 1.54) is 0 Å². The summed E-state index contributed by atoms with van der Waals surface area (Å²) in [5.74, 6) is 1.25. The van der Waals surface area contributed by atoms with Gasteiger partial charge in [-0.25, -0.2) is 9.78 Å². The van der Waals surface area contributed by atoms with Crippen molar-refractivity contribution in [3.63, 3.8) is 0 Å². The molecule has 1 aromatic rings. The molecule has 1 amide bonds. The molecule has 2 atom stereocenters. The minimum absolute atomic E-state index is 0. The van der Waals surface area contributed by atoms with Crippen LogP contribution in [0.3, 0.4) is 0 Å². The topological polar surface area (TPSA) is 78.9 Å². The van der Waals surface area contributed by atoms with Crippen LogP contribution in [0.25, 0.3) is 0 Å². The van der Waals surface area contributed by atoms with Gasteiger partial charge in [0.05, 0.1) is 17.2 Å². The number of piperidine rings is 1. The highest BCUT2D eigenvalue weighted by molar-refractivity contribution is 14.0. The minimum Gasteiger partial charge on any atom is -0.444 e. The van der Waals surface area contributed by atoms with Crippen molar-refractivity contribution < 1.29 is 9.53 Å². The molecule has 2 N–H and O–H groups in total. The maximum Gasteiger partial charge on any atom is 0.410 e. The van der Waals surface area contributed by atoms with E-state index >= 15 is 0 Å². The first-order valence-corrected chi connectivity index (χ1v) is 11.5. The van der Waals surface area contributed by atoms with Crippen molar-refractivity contribution in [1.29, 1.82) is 0 Å². The minimum atomic E-state index is -0.456. The lowest BCUT2D eigenvalue weighted by atomic mass is 9.98. The summed E-state index contributed by atoms with van der Waals surface area (Å²) in [6, 6.07) is 0.789. The average molecular weight is 550 g/mol. The summed E-state index contributed by atoms with van der Waals surface area (Å²) in [4.78, 5) is 23.6. The molecule has 3 heterocycles. The number of ether oxygens (including phenoxy) is 1. The number of thiazole rings is 1. The van der Waals surface area contributed by atoms with Gasteiger partial charge in [-0.15, -0.1) is 35.3 Å². The number of halogens is 1. The summed E-state index contributed by atoms with van der Waals surface area (Å²) in [6.07, 6.45) is 3.76. The predicted octanol–water partition coefficient (Wildman–Crippen LogP) is 4.48. The molecule has 2 bridgehead atoms. The molecule has 1 aromatic heterocycles. The lowest BCUT2D eigenvalue weighted by Crippen LogP contribution is -2.54. The first kappa shape index (κ1) is 25.2. The number of carbonyl (C=O) groups excluding carboxylic acids is 1. The molecule has 2 aliphatic heterocycles. The zero-order chi connectivity index (χ0) is 21.2. The van der Waals surface area contributed by atoms with Crippen molar-refractivity contribution in [3.05, 3.63) is 16.1 Å². The second-order valence-corrected chi connectivity index (χ2v) is 10.2. The van der Waals surface area contributed by atoms with Crippen molar-refractivity contribution >= 4 is 47.4 Å². The maximum absolute atomic E-state index is 12.6. The SMILES string of the molecule is CN=C(NCc1csc(C(C)C)n1)NC1CC2CCC(C1)N2C(=O)OC(C)(C)C.I. The van der Waals surface area contributed by atoms with Gasteiger partial charge in [0.15, 0.2) is 5.96 Å². The van der Waals surface area contributed by atoms with Gasteiger partial charge in [0.2, 0.25) is 0 Å². The zero-order valence-corrected chi connectivity index (χ0v) is 22.0. The molecule has 30 heavy (non-hydrogen) atoms. The molecule has 7 nitrogen and oxygen atoms in total. The number of aliphatic imine (C=N–C) groups is 1. The summed E-state index contributed by atoms with van der Waals surface area (Å²) in [5, 5.41) is 10.2. The van der Waals surface area contributed by atoms with E-state index in [9.17, 15) is 4.79 Å². The fourth-order valence-corrected chi connectivity index (χ4v) is 4.97. The summed E-state index contributed by atoms with van der Waals surface area (Å²) in [7, 11) is 1.79. The Hall–Kier alpha value is -1.10. The summed E-state index contributed by atoms with van der Waals surface area (Å²) in [6.45, 7) is 10.7. The summed E-state index contributed by atoms with van der Waals surface area (Å²) >= 11 is 1.71. The molecular formula is C21H36IN5O2S. The van der Waals surface area contributed by atoms with Crippen LogP contribution in [0.15, 0.2) is 10.4 Å². The third-order valence-electron chi connectivity index (χ3n) is 5.40. The van der Waals surface area contributed by atoms with Gasteiger partial charge < -0.3 is 20.3 Å². The van der Waals surface area contributed by atoms with Crippen LogP contribution in [0, 0.1) is 0 Å². The molecule has 0 saturated carbocycles. The smallest absolute Gasteiger partial charge is 0.410 e. The van der Waals surface area contributed by atoms with Gasteiger partial charge in [-0.1, -0.05) is 13.8 Å². The molecule has 2 aliphatic rings.